The number of imidazole rings is 1. The second-order valence-corrected chi connectivity index (χ2v) is 5.47. The lowest BCUT2D eigenvalue weighted by Crippen LogP contribution is -2.07. The molecule has 0 fully saturated rings. The van der Waals surface area contributed by atoms with Gasteiger partial charge in [-0.15, -0.1) is 0 Å². The zero-order valence-corrected chi connectivity index (χ0v) is 12.8. The van der Waals surface area contributed by atoms with Crippen molar-refractivity contribution in [2.45, 2.75) is 6.92 Å². The fraction of sp³-hybridized carbons (Fsp3) is 0.111. The Morgan fingerprint density at radius 2 is 2.04 bits per heavy atom. The number of fused-ring (bicyclic) bond motifs is 2. The van der Waals surface area contributed by atoms with Crippen molar-refractivity contribution in [1.29, 1.82) is 0 Å². The summed E-state index contributed by atoms with van der Waals surface area (Å²) in [7, 11) is 1.57. The molecule has 2 aromatic heterocycles. The number of methoxy groups -OCH3 is 1. The van der Waals surface area contributed by atoms with Gasteiger partial charge in [-0.2, -0.15) is 0 Å². The molecule has 0 aliphatic carbocycles. The lowest BCUT2D eigenvalue weighted by Gasteiger charge is -2.10. The van der Waals surface area contributed by atoms with E-state index in [2.05, 4.69) is 15.0 Å². The van der Waals surface area contributed by atoms with E-state index in [1.165, 1.54) is 0 Å². The minimum atomic E-state index is -0.178. The Morgan fingerprint density at radius 1 is 1.22 bits per heavy atom. The number of carbonyl (C=O) groups is 1. The van der Waals surface area contributed by atoms with Crippen LogP contribution in [-0.2, 0) is 0 Å². The highest BCUT2D eigenvalue weighted by Gasteiger charge is 2.22. The van der Waals surface area contributed by atoms with Crippen molar-refractivity contribution >= 4 is 27.7 Å². The number of hydrogen-bond acceptors (Lipinski definition) is 3. The highest BCUT2D eigenvalue weighted by molar-refractivity contribution is 6.17. The van der Waals surface area contributed by atoms with Crippen LogP contribution in [0.15, 0.2) is 42.6 Å². The summed E-state index contributed by atoms with van der Waals surface area (Å²) < 4.78 is 5.44. The van der Waals surface area contributed by atoms with Crippen molar-refractivity contribution in [2.75, 3.05) is 7.11 Å². The summed E-state index contributed by atoms with van der Waals surface area (Å²) in [6, 6.07) is 11.3. The number of ether oxygens (including phenoxy) is 1. The normalized spacial score (nSPS) is 11.2. The maximum absolute atomic E-state index is 13.0. The Labute approximate surface area is 132 Å². The largest absolute Gasteiger partial charge is 0.496 e. The molecule has 2 N–H and O–H groups in total. The van der Waals surface area contributed by atoms with Crippen LogP contribution in [0.4, 0.5) is 0 Å². The molecule has 0 atom stereocenters. The molecule has 0 aliphatic heterocycles. The number of nitrogens with zero attached hydrogens (tertiary/aromatic N) is 1. The second-order valence-electron chi connectivity index (χ2n) is 5.47. The Kier molecular flexibility index (Phi) is 2.94. The molecule has 0 spiro atoms. The quantitative estimate of drug-likeness (QED) is 0.568. The smallest absolute Gasteiger partial charge is 0.232 e. The van der Waals surface area contributed by atoms with Crippen molar-refractivity contribution < 1.29 is 9.53 Å². The van der Waals surface area contributed by atoms with Gasteiger partial charge in [-0.25, -0.2) is 4.98 Å². The minimum Gasteiger partial charge on any atom is -0.496 e. The van der Waals surface area contributed by atoms with Crippen LogP contribution in [0.1, 0.15) is 21.7 Å². The van der Waals surface area contributed by atoms with E-state index in [9.17, 15) is 4.79 Å². The lowest BCUT2D eigenvalue weighted by molar-refractivity contribution is 0.102. The third kappa shape index (κ3) is 2.01. The van der Waals surface area contributed by atoms with Gasteiger partial charge in [0.2, 0.25) is 5.78 Å². The van der Waals surface area contributed by atoms with Gasteiger partial charge in [-0.05, 0) is 36.8 Å². The van der Waals surface area contributed by atoms with Crippen LogP contribution in [0.2, 0.25) is 0 Å². The van der Waals surface area contributed by atoms with E-state index in [0.717, 1.165) is 27.5 Å². The highest BCUT2D eigenvalue weighted by atomic mass is 16.5. The van der Waals surface area contributed by atoms with E-state index in [1.807, 2.05) is 49.5 Å². The molecular formula is C18H15N3O2. The first-order valence-electron chi connectivity index (χ1n) is 7.33. The minimum absolute atomic E-state index is 0.178. The Bertz CT molecular complexity index is 1010. The van der Waals surface area contributed by atoms with Crippen LogP contribution < -0.4 is 4.74 Å². The fourth-order valence-electron chi connectivity index (χ4n) is 2.95. The summed E-state index contributed by atoms with van der Waals surface area (Å²) in [6.45, 7) is 1.98. The van der Waals surface area contributed by atoms with Crippen molar-refractivity contribution in [1.82, 2.24) is 15.0 Å². The molecular weight excluding hydrogens is 290 g/mol. The second kappa shape index (κ2) is 4.98. The summed E-state index contributed by atoms with van der Waals surface area (Å²) >= 11 is 0. The molecule has 5 nitrogen and oxygen atoms in total. The Morgan fingerprint density at radius 3 is 2.83 bits per heavy atom. The standard InChI is InChI=1S/C18H15N3O2/c1-10-9-14(23-2)15(11-7-8-19-16(10)11)17(22)18-20-12-5-3-4-6-13(12)21-18/h3-9,19H,1-2H3,(H,20,21). The zero-order valence-electron chi connectivity index (χ0n) is 12.8. The monoisotopic (exact) mass is 305 g/mol. The Balaban J connectivity index is 1.95. The number of rotatable bonds is 3. The van der Waals surface area contributed by atoms with Gasteiger partial charge in [0, 0.05) is 17.1 Å². The van der Waals surface area contributed by atoms with Crippen LogP contribution in [0.5, 0.6) is 5.75 Å². The number of ketones is 1. The molecule has 2 heterocycles. The van der Waals surface area contributed by atoms with Gasteiger partial charge in [0.1, 0.15) is 5.75 Å². The van der Waals surface area contributed by atoms with Gasteiger partial charge >= 0.3 is 0 Å². The first kappa shape index (κ1) is 13.6. The van der Waals surface area contributed by atoms with Crippen molar-refractivity contribution in [3.63, 3.8) is 0 Å². The third-order valence-corrected chi connectivity index (χ3v) is 4.06. The SMILES string of the molecule is COc1cc(C)c2[nH]ccc2c1C(=O)c1nc2ccccc2[nH]1. The van der Waals surface area contributed by atoms with Crippen molar-refractivity contribution in [3.05, 3.63) is 59.5 Å². The molecule has 5 heteroatoms. The molecule has 2 aromatic carbocycles. The molecule has 0 radical (unpaired) electrons. The summed E-state index contributed by atoms with van der Waals surface area (Å²) in [6.07, 6.45) is 1.83. The molecule has 0 saturated carbocycles. The predicted octanol–water partition coefficient (Wildman–Crippen LogP) is 3.59. The molecule has 4 rings (SSSR count). The molecule has 0 unspecified atom stereocenters. The molecule has 114 valence electrons. The van der Waals surface area contributed by atoms with Gasteiger partial charge in [0.05, 0.1) is 23.7 Å². The molecule has 23 heavy (non-hydrogen) atoms. The van der Waals surface area contributed by atoms with E-state index < -0.39 is 0 Å². The lowest BCUT2D eigenvalue weighted by atomic mass is 10.0. The maximum atomic E-state index is 13.0. The fourth-order valence-corrected chi connectivity index (χ4v) is 2.95. The number of carbonyl (C=O) groups excluding carboxylic acids is 1. The summed E-state index contributed by atoms with van der Waals surface area (Å²) in [4.78, 5) is 23.7. The number of aromatic amines is 2. The number of para-hydroxylation sites is 2. The number of hydrogen-bond donors (Lipinski definition) is 2. The van der Waals surface area contributed by atoms with Gasteiger partial charge < -0.3 is 14.7 Å². The van der Waals surface area contributed by atoms with E-state index in [-0.39, 0.29) is 5.78 Å². The first-order chi connectivity index (χ1) is 11.2. The summed E-state index contributed by atoms with van der Waals surface area (Å²) in [5.41, 5.74) is 4.10. The van der Waals surface area contributed by atoms with E-state index in [1.54, 1.807) is 7.11 Å². The van der Waals surface area contributed by atoms with Gasteiger partial charge in [-0.1, -0.05) is 12.1 Å². The van der Waals surface area contributed by atoms with Gasteiger partial charge in [-0.3, -0.25) is 4.79 Å². The average Bonchev–Trinajstić information content (AvgIpc) is 3.20. The van der Waals surface area contributed by atoms with Crippen LogP contribution in [0.25, 0.3) is 21.9 Å². The molecule has 0 amide bonds. The van der Waals surface area contributed by atoms with Crippen LogP contribution in [0, 0.1) is 6.92 Å². The first-order valence-corrected chi connectivity index (χ1v) is 7.33. The zero-order chi connectivity index (χ0) is 16.0. The number of nitrogens with one attached hydrogen (secondary N) is 2. The number of aryl methyl sites for hydroxylation is 1. The van der Waals surface area contributed by atoms with E-state index >= 15 is 0 Å². The topological polar surface area (TPSA) is 70.8 Å². The van der Waals surface area contributed by atoms with Gasteiger partial charge in [0.15, 0.2) is 5.82 Å². The number of benzene rings is 2. The Hall–Kier alpha value is -3.08. The van der Waals surface area contributed by atoms with Crippen LogP contribution in [-0.4, -0.2) is 27.8 Å². The number of H-pyrrole nitrogens is 2. The molecule has 0 aliphatic rings. The maximum Gasteiger partial charge on any atom is 0.232 e. The summed E-state index contributed by atoms with van der Waals surface area (Å²) in [5, 5.41) is 0.840. The predicted molar refractivity (Wildman–Crippen MR) is 89.1 cm³/mol. The van der Waals surface area contributed by atoms with Crippen LogP contribution in [0.3, 0.4) is 0 Å². The summed E-state index contributed by atoms with van der Waals surface area (Å²) in [5.74, 6) is 0.693. The number of aromatic nitrogens is 3. The third-order valence-electron chi connectivity index (χ3n) is 4.06. The molecule has 0 saturated heterocycles. The van der Waals surface area contributed by atoms with E-state index in [4.69, 9.17) is 4.74 Å². The van der Waals surface area contributed by atoms with Gasteiger partial charge in [0.25, 0.3) is 0 Å². The van der Waals surface area contributed by atoms with Crippen LogP contribution >= 0.6 is 0 Å². The van der Waals surface area contributed by atoms with E-state index in [0.29, 0.717) is 17.1 Å². The highest BCUT2D eigenvalue weighted by Crippen LogP contribution is 2.32. The average molecular weight is 305 g/mol. The molecule has 0 bridgehead atoms. The van der Waals surface area contributed by atoms with Crippen molar-refractivity contribution in [2.24, 2.45) is 0 Å². The molecule has 4 aromatic rings. The van der Waals surface area contributed by atoms with Crippen molar-refractivity contribution in [3.8, 4) is 5.75 Å².